The lowest BCUT2D eigenvalue weighted by Crippen LogP contribution is -1.99. The molecule has 0 aromatic heterocycles. The van der Waals surface area contributed by atoms with Gasteiger partial charge < -0.3 is 4.74 Å². The molecule has 4 nitrogen and oxygen atoms in total. The molecular formula is C13H8Br2FNO3. The number of nitro benzene ring substituents is 1. The Labute approximate surface area is 131 Å². The van der Waals surface area contributed by atoms with Gasteiger partial charge in [0.05, 0.1) is 4.92 Å². The van der Waals surface area contributed by atoms with Gasteiger partial charge in [0.2, 0.25) is 0 Å². The van der Waals surface area contributed by atoms with Crippen molar-refractivity contribution in [1.29, 1.82) is 0 Å². The summed E-state index contributed by atoms with van der Waals surface area (Å²) < 4.78 is 19.6. The summed E-state index contributed by atoms with van der Waals surface area (Å²) in [5, 5.41) is 10.8. The summed E-state index contributed by atoms with van der Waals surface area (Å²) in [6.07, 6.45) is 0. The SMILES string of the molecule is O=[N+]([O-])c1cccc(COc2cc(F)cc(Br)c2)c1Br. The van der Waals surface area contributed by atoms with Crippen molar-refractivity contribution in [2.75, 3.05) is 0 Å². The average Bonchev–Trinajstić information content (AvgIpc) is 2.36. The molecule has 0 aliphatic rings. The summed E-state index contributed by atoms with van der Waals surface area (Å²) >= 11 is 6.35. The number of hydrogen-bond acceptors (Lipinski definition) is 3. The lowest BCUT2D eigenvalue weighted by Gasteiger charge is -2.08. The van der Waals surface area contributed by atoms with E-state index >= 15 is 0 Å². The smallest absolute Gasteiger partial charge is 0.283 e. The molecular weight excluding hydrogens is 397 g/mol. The quantitative estimate of drug-likeness (QED) is 0.541. The Morgan fingerprint density at radius 2 is 2.00 bits per heavy atom. The summed E-state index contributed by atoms with van der Waals surface area (Å²) in [4.78, 5) is 10.3. The second kappa shape index (κ2) is 6.32. The Balaban J connectivity index is 2.19. The highest BCUT2D eigenvalue weighted by atomic mass is 79.9. The Morgan fingerprint density at radius 1 is 1.25 bits per heavy atom. The number of rotatable bonds is 4. The lowest BCUT2D eigenvalue weighted by atomic mass is 10.2. The second-order valence-corrected chi connectivity index (χ2v) is 5.61. The fourth-order valence-corrected chi connectivity index (χ4v) is 2.56. The van der Waals surface area contributed by atoms with Crippen LogP contribution in [0.3, 0.4) is 0 Å². The van der Waals surface area contributed by atoms with Crippen LogP contribution < -0.4 is 4.74 Å². The van der Waals surface area contributed by atoms with Gasteiger partial charge in [-0.3, -0.25) is 10.1 Å². The largest absolute Gasteiger partial charge is 0.489 e. The molecule has 0 atom stereocenters. The maximum atomic E-state index is 13.2. The molecule has 0 amide bonds. The molecule has 0 unspecified atom stereocenters. The lowest BCUT2D eigenvalue weighted by molar-refractivity contribution is -0.385. The number of benzene rings is 2. The van der Waals surface area contributed by atoms with Crippen molar-refractivity contribution in [3.8, 4) is 5.75 Å². The molecule has 7 heteroatoms. The fourth-order valence-electron chi connectivity index (χ4n) is 1.59. The standard InChI is InChI=1S/C13H8Br2FNO3/c14-9-4-10(16)6-11(5-9)20-7-8-2-1-3-12(13(8)15)17(18)19/h1-6H,7H2. The predicted octanol–water partition coefficient (Wildman–Crippen LogP) is 4.84. The van der Waals surface area contributed by atoms with Gasteiger partial charge in [-0.2, -0.15) is 0 Å². The monoisotopic (exact) mass is 403 g/mol. The van der Waals surface area contributed by atoms with Crippen molar-refractivity contribution in [2.45, 2.75) is 6.61 Å². The topological polar surface area (TPSA) is 52.4 Å². The van der Waals surface area contributed by atoms with Gasteiger partial charge in [0, 0.05) is 22.2 Å². The van der Waals surface area contributed by atoms with Gasteiger partial charge in [-0.25, -0.2) is 4.39 Å². The van der Waals surface area contributed by atoms with Crippen molar-refractivity contribution in [2.24, 2.45) is 0 Å². The molecule has 104 valence electrons. The molecule has 2 aromatic rings. The van der Waals surface area contributed by atoms with Crippen molar-refractivity contribution < 1.29 is 14.1 Å². The molecule has 2 rings (SSSR count). The normalized spacial score (nSPS) is 10.3. The summed E-state index contributed by atoms with van der Waals surface area (Å²) in [5.74, 6) is -0.0808. The minimum atomic E-state index is -0.480. The third-order valence-corrected chi connectivity index (χ3v) is 3.86. The van der Waals surface area contributed by atoms with Crippen LogP contribution in [0, 0.1) is 15.9 Å². The van der Waals surface area contributed by atoms with Crippen molar-refractivity contribution >= 4 is 37.5 Å². The van der Waals surface area contributed by atoms with Crippen molar-refractivity contribution in [3.05, 3.63) is 66.8 Å². The molecule has 0 heterocycles. The van der Waals surface area contributed by atoms with E-state index in [-0.39, 0.29) is 12.3 Å². The minimum Gasteiger partial charge on any atom is -0.489 e. The van der Waals surface area contributed by atoms with E-state index < -0.39 is 10.7 Å². The molecule has 0 bridgehead atoms. The van der Waals surface area contributed by atoms with E-state index in [0.29, 0.717) is 20.3 Å². The van der Waals surface area contributed by atoms with Crippen molar-refractivity contribution in [3.63, 3.8) is 0 Å². The highest BCUT2D eigenvalue weighted by Crippen LogP contribution is 2.29. The molecule has 0 N–H and O–H groups in total. The van der Waals surface area contributed by atoms with E-state index in [2.05, 4.69) is 31.9 Å². The van der Waals surface area contributed by atoms with E-state index in [4.69, 9.17) is 4.74 Å². The summed E-state index contributed by atoms with van der Waals surface area (Å²) in [5.41, 5.74) is 0.575. The van der Waals surface area contributed by atoms with Gasteiger partial charge in [0.15, 0.2) is 0 Å². The number of ether oxygens (including phenoxy) is 1. The minimum absolute atomic E-state index is 0.0356. The molecule has 0 aliphatic carbocycles. The van der Waals surface area contributed by atoms with Gasteiger partial charge >= 0.3 is 0 Å². The molecule has 20 heavy (non-hydrogen) atoms. The van der Waals surface area contributed by atoms with Crippen LogP contribution >= 0.6 is 31.9 Å². The van der Waals surface area contributed by atoms with Gasteiger partial charge in [-0.05, 0) is 28.1 Å². The van der Waals surface area contributed by atoms with Gasteiger partial charge in [0.25, 0.3) is 5.69 Å². The summed E-state index contributed by atoms with van der Waals surface area (Å²) in [7, 11) is 0. The van der Waals surface area contributed by atoms with Crippen LogP contribution in [0.15, 0.2) is 45.3 Å². The third kappa shape index (κ3) is 3.55. The Hall–Kier alpha value is -1.47. The van der Waals surface area contributed by atoms with E-state index in [0.717, 1.165) is 0 Å². The fraction of sp³-hybridized carbons (Fsp3) is 0.0769. The molecule has 2 aromatic carbocycles. The van der Waals surface area contributed by atoms with E-state index in [1.807, 2.05) is 0 Å². The van der Waals surface area contributed by atoms with Crippen molar-refractivity contribution in [1.82, 2.24) is 0 Å². The summed E-state index contributed by atoms with van der Waals surface area (Å²) in [6, 6.07) is 8.85. The Bertz CT molecular complexity index is 644. The van der Waals surface area contributed by atoms with Crippen LogP contribution in [0.2, 0.25) is 0 Å². The second-order valence-electron chi connectivity index (χ2n) is 3.90. The Morgan fingerprint density at radius 3 is 2.65 bits per heavy atom. The van der Waals surface area contributed by atoms with E-state index in [1.165, 1.54) is 18.2 Å². The van der Waals surface area contributed by atoms with Crippen LogP contribution in [0.1, 0.15) is 5.56 Å². The van der Waals surface area contributed by atoms with E-state index in [1.54, 1.807) is 18.2 Å². The highest BCUT2D eigenvalue weighted by molar-refractivity contribution is 9.10. The van der Waals surface area contributed by atoms with Crippen LogP contribution in [0.4, 0.5) is 10.1 Å². The molecule has 0 fully saturated rings. The van der Waals surface area contributed by atoms with Crippen LogP contribution in [-0.4, -0.2) is 4.92 Å². The van der Waals surface area contributed by atoms with Gasteiger partial charge in [0.1, 0.15) is 22.6 Å². The maximum absolute atomic E-state index is 13.2. The third-order valence-electron chi connectivity index (χ3n) is 2.49. The van der Waals surface area contributed by atoms with Crippen LogP contribution in [-0.2, 0) is 6.61 Å². The zero-order chi connectivity index (χ0) is 14.7. The van der Waals surface area contributed by atoms with Gasteiger partial charge in [-0.15, -0.1) is 0 Å². The number of nitrogens with zero attached hydrogens (tertiary/aromatic N) is 1. The van der Waals surface area contributed by atoms with Gasteiger partial charge in [-0.1, -0.05) is 28.1 Å². The number of nitro groups is 1. The average molecular weight is 405 g/mol. The summed E-state index contributed by atoms with van der Waals surface area (Å²) in [6.45, 7) is 0.0954. The molecule has 0 spiro atoms. The Kier molecular flexibility index (Phi) is 4.72. The number of halogens is 3. The molecule has 0 aliphatic heterocycles. The molecule has 0 saturated heterocycles. The van der Waals surface area contributed by atoms with Crippen LogP contribution in [0.25, 0.3) is 0 Å². The highest BCUT2D eigenvalue weighted by Gasteiger charge is 2.15. The molecule has 0 saturated carbocycles. The first-order valence-corrected chi connectivity index (χ1v) is 7.06. The maximum Gasteiger partial charge on any atom is 0.283 e. The molecule has 0 radical (unpaired) electrons. The zero-order valence-electron chi connectivity index (χ0n) is 9.98. The first kappa shape index (κ1) is 14.9. The predicted molar refractivity (Wildman–Crippen MR) is 79.2 cm³/mol. The van der Waals surface area contributed by atoms with Crippen LogP contribution in [0.5, 0.6) is 5.75 Å². The van der Waals surface area contributed by atoms with E-state index in [9.17, 15) is 14.5 Å². The first-order valence-electron chi connectivity index (χ1n) is 5.48. The number of hydrogen-bond donors (Lipinski definition) is 0. The zero-order valence-corrected chi connectivity index (χ0v) is 13.1. The first-order chi connectivity index (χ1) is 9.47.